The van der Waals surface area contributed by atoms with Gasteiger partial charge in [-0.3, -0.25) is 4.79 Å². The fourth-order valence-electron chi connectivity index (χ4n) is 2.22. The molecule has 134 valence electrons. The molecule has 0 saturated heterocycles. The first kappa shape index (κ1) is 20.1. The van der Waals surface area contributed by atoms with Crippen LogP contribution in [-0.2, 0) is 16.3 Å². The van der Waals surface area contributed by atoms with Crippen molar-refractivity contribution < 1.29 is 9.18 Å². The van der Waals surface area contributed by atoms with Gasteiger partial charge >= 0.3 is 0 Å². The molecule has 0 heterocycles. The third-order valence-corrected chi connectivity index (χ3v) is 5.80. The van der Waals surface area contributed by atoms with Crippen molar-refractivity contribution in [2.75, 3.05) is 18.1 Å². The highest BCUT2D eigenvalue weighted by Gasteiger charge is 2.08. The van der Waals surface area contributed by atoms with E-state index < -0.39 is 0 Å². The lowest BCUT2D eigenvalue weighted by atomic mass is 10.2. The van der Waals surface area contributed by atoms with Gasteiger partial charge < -0.3 is 5.32 Å². The lowest BCUT2D eigenvalue weighted by molar-refractivity contribution is -0.118. The van der Waals surface area contributed by atoms with Crippen LogP contribution in [0.1, 0.15) is 16.7 Å². The summed E-state index contributed by atoms with van der Waals surface area (Å²) < 4.78 is 13.6. The van der Waals surface area contributed by atoms with E-state index in [0.717, 1.165) is 11.5 Å². The van der Waals surface area contributed by atoms with Crippen LogP contribution in [0.3, 0.4) is 0 Å². The maximum atomic E-state index is 13.6. The molecule has 0 aromatic heterocycles. The number of thioether (sulfide) groups is 2. The number of carbonyl (C=O) groups is 1. The Bertz CT molecular complexity index is 691. The van der Waals surface area contributed by atoms with Gasteiger partial charge in [0.15, 0.2) is 0 Å². The Morgan fingerprint density at radius 1 is 1.16 bits per heavy atom. The molecule has 0 aliphatic rings. The predicted molar refractivity (Wildman–Crippen MR) is 108 cm³/mol. The van der Waals surface area contributed by atoms with E-state index >= 15 is 0 Å². The molecule has 6 heteroatoms. The molecule has 0 radical (unpaired) electrons. The molecule has 0 aliphatic carbocycles. The second kappa shape index (κ2) is 10.7. The minimum Gasteiger partial charge on any atom is -0.355 e. The van der Waals surface area contributed by atoms with Gasteiger partial charge in [0.05, 0.1) is 5.75 Å². The fourth-order valence-corrected chi connectivity index (χ4v) is 4.22. The normalized spacial score (nSPS) is 10.7. The maximum Gasteiger partial charge on any atom is 0.230 e. The Labute approximate surface area is 161 Å². The Kier molecular flexibility index (Phi) is 8.65. The van der Waals surface area contributed by atoms with Crippen molar-refractivity contribution in [3.8, 4) is 0 Å². The van der Waals surface area contributed by atoms with Crippen molar-refractivity contribution in [2.45, 2.75) is 18.4 Å². The summed E-state index contributed by atoms with van der Waals surface area (Å²) >= 11 is 9.12. The highest BCUT2D eigenvalue weighted by molar-refractivity contribution is 7.99. The van der Waals surface area contributed by atoms with Gasteiger partial charge in [-0.05, 0) is 24.6 Å². The minimum absolute atomic E-state index is 0.0337. The highest BCUT2D eigenvalue weighted by Crippen LogP contribution is 2.23. The van der Waals surface area contributed by atoms with Crippen molar-refractivity contribution in [2.24, 2.45) is 0 Å². The van der Waals surface area contributed by atoms with Gasteiger partial charge in [0, 0.05) is 34.4 Å². The molecule has 0 spiro atoms. The number of hydrogen-bond donors (Lipinski definition) is 1. The monoisotopic (exact) mass is 397 g/mol. The number of benzene rings is 2. The van der Waals surface area contributed by atoms with Crippen LogP contribution in [-0.4, -0.2) is 24.0 Å². The van der Waals surface area contributed by atoms with E-state index in [4.69, 9.17) is 11.6 Å². The van der Waals surface area contributed by atoms with Crippen LogP contribution in [0, 0.1) is 12.7 Å². The largest absolute Gasteiger partial charge is 0.355 e. The van der Waals surface area contributed by atoms with E-state index in [0.29, 0.717) is 28.6 Å². The molecule has 2 aromatic rings. The van der Waals surface area contributed by atoms with E-state index in [1.807, 2.05) is 0 Å². The Morgan fingerprint density at radius 2 is 1.96 bits per heavy atom. The first-order chi connectivity index (χ1) is 12.1. The van der Waals surface area contributed by atoms with Crippen LogP contribution in [0.4, 0.5) is 4.39 Å². The molecule has 2 nitrogen and oxygen atoms in total. The molecule has 25 heavy (non-hydrogen) atoms. The van der Waals surface area contributed by atoms with Crippen LogP contribution >= 0.6 is 35.1 Å². The first-order valence-corrected chi connectivity index (χ1v) is 10.7. The SMILES string of the molecule is Cc1cccc(CSCCNC(=O)CSCc2c(F)cccc2Cl)c1. The van der Waals surface area contributed by atoms with Crippen molar-refractivity contribution in [1.82, 2.24) is 5.32 Å². The highest BCUT2D eigenvalue weighted by atomic mass is 35.5. The lowest BCUT2D eigenvalue weighted by Gasteiger charge is -2.07. The molecule has 0 aliphatic heterocycles. The fraction of sp³-hybridized carbons (Fsp3) is 0.316. The molecule has 0 atom stereocenters. The molecular formula is C19H21ClFNOS2. The van der Waals surface area contributed by atoms with Gasteiger partial charge in [0.1, 0.15) is 5.82 Å². The molecular weight excluding hydrogens is 377 g/mol. The molecule has 2 aromatic carbocycles. The van der Waals surface area contributed by atoms with Crippen LogP contribution in [0.5, 0.6) is 0 Å². The Balaban J connectivity index is 1.58. The van der Waals surface area contributed by atoms with Gasteiger partial charge in [-0.25, -0.2) is 4.39 Å². The van der Waals surface area contributed by atoms with Crippen molar-refractivity contribution >= 4 is 41.0 Å². The van der Waals surface area contributed by atoms with Gasteiger partial charge in [-0.2, -0.15) is 11.8 Å². The number of carbonyl (C=O) groups excluding carboxylic acids is 1. The standard InChI is InChI=1S/C19H21ClFNOS2/c1-14-4-2-5-15(10-14)11-24-9-8-22-19(23)13-25-12-16-17(20)6-3-7-18(16)21/h2-7,10H,8-9,11-13H2,1H3,(H,22,23). The van der Waals surface area contributed by atoms with Crippen LogP contribution in [0.25, 0.3) is 0 Å². The summed E-state index contributed by atoms with van der Waals surface area (Å²) in [6.45, 7) is 2.72. The molecule has 1 amide bonds. The number of halogens is 2. The van der Waals surface area contributed by atoms with Gasteiger partial charge in [0.2, 0.25) is 5.91 Å². The van der Waals surface area contributed by atoms with Crippen LogP contribution in [0.2, 0.25) is 5.02 Å². The van der Waals surface area contributed by atoms with Gasteiger partial charge in [-0.1, -0.05) is 47.5 Å². The van der Waals surface area contributed by atoms with E-state index in [9.17, 15) is 9.18 Å². The number of rotatable bonds is 9. The average molecular weight is 398 g/mol. The van der Waals surface area contributed by atoms with E-state index in [-0.39, 0.29) is 11.7 Å². The Morgan fingerprint density at radius 3 is 2.72 bits per heavy atom. The zero-order valence-electron chi connectivity index (χ0n) is 14.1. The summed E-state index contributed by atoms with van der Waals surface area (Å²) in [7, 11) is 0. The quantitative estimate of drug-likeness (QED) is 0.599. The van der Waals surface area contributed by atoms with Crippen LogP contribution < -0.4 is 5.32 Å². The number of aryl methyl sites for hydroxylation is 1. The van der Waals surface area contributed by atoms with E-state index in [1.165, 1.54) is 29.0 Å². The third-order valence-electron chi connectivity index (χ3n) is 3.46. The van der Waals surface area contributed by atoms with Gasteiger partial charge in [0.25, 0.3) is 0 Å². The molecule has 1 N–H and O–H groups in total. The lowest BCUT2D eigenvalue weighted by Crippen LogP contribution is -2.27. The predicted octanol–water partition coefficient (Wildman–Crippen LogP) is 5.07. The molecule has 0 saturated carbocycles. The average Bonchev–Trinajstić information content (AvgIpc) is 2.57. The zero-order chi connectivity index (χ0) is 18.1. The maximum absolute atomic E-state index is 13.6. The molecule has 2 rings (SSSR count). The smallest absolute Gasteiger partial charge is 0.230 e. The summed E-state index contributed by atoms with van der Waals surface area (Å²) in [5.41, 5.74) is 3.02. The third kappa shape index (κ3) is 7.30. The molecule has 0 bridgehead atoms. The van der Waals surface area contributed by atoms with E-state index in [1.54, 1.807) is 23.9 Å². The van der Waals surface area contributed by atoms with Gasteiger partial charge in [-0.15, -0.1) is 11.8 Å². The summed E-state index contributed by atoms with van der Waals surface area (Å²) in [6.07, 6.45) is 0. The molecule has 0 unspecified atom stereocenters. The number of hydrogen-bond acceptors (Lipinski definition) is 3. The second-order valence-electron chi connectivity index (χ2n) is 5.58. The summed E-state index contributed by atoms with van der Waals surface area (Å²) in [6, 6.07) is 13.1. The van der Waals surface area contributed by atoms with Crippen molar-refractivity contribution in [3.63, 3.8) is 0 Å². The first-order valence-electron chi connectivity index (χ1n) is 7.97. The summed E-state index contributed by atoms with van der Waals surface area (Å²) in [5, 5.41) is 3.29. The number of amides is 1. The van der Waals surface area contributed by atoms with E-state index in [2.05, 4.69) is 36.5 Å². The topological polar surface area (TPSA) is 29.1 Å². The van der Waals surface area contributed by atoms with Crippen LogP contribution in [0.15, 0.2) is 42.5 Å². The van der Waals surface area contributed by atoms with Crippen molar-refractivity contribution in [1.29, 1.82) is 0 Å². The summed E-state index contributed by atoms with van der Waals surface area (Å²) in [4.78, 5) is 11.8. The number of nitrogens with one attached hydrogen (secondary N) is 1. The van der Waals surface area contributed by atoms with Crippen molar-refractivity contribution in [3.05, 3.63) is 70.0 Å². The second-order valence-corrected chi connectivity index (χ2v) is 8.08. The minimum atomic E-state index is -0.326. The summed E-state index contributed by atoms with van der Waals surface area (Å²) in [5.74, 6) is 2.14. The Hall–Kier alpha value is -1.17. The zero-order valence-corrected chi connectivity index (χ0v) is 16.4. The molecule has 0 fully saturated rings.